The molecule has 1 heterocycles. The van der Waals surface area contributed by atoms with Crippen molar-refractivity contribution in [2.24, 2.45) is 0 Å². The molecule has 2 nitrogen and oxygen atoms in total. The lowest BCUT2D eigenvalue weighted by Crippen LogP contribution is -2.39. The number of rotatable bonds is 4. The van der Waals surface area contributed by atoms with Crippen LogP contribution >= 0.6 is 0 Å². The molecular weight excluding hydrogens is 196 g/mol. The molecule has 0 radical (unpaired) electrons. The van der Waals surface area contributed by atoms with Gasteiger partial charge in [0.05, 0.1) is 0 Å². The number of hydrogen-bond acceptors (Lipinski definition) is 2. The standard InChI is InChI=1S/C14H22N2/c1-12(10-13-6-4-3-5-7-13)15-14-8-9-16(2)11-14/h3-7,12,14-15H,8-11H2,1-2H3. The van der Waals surface area contributed by atoms with Gasteiger partial charge in [-0.2, -0.15) is 0 Å². The van der Waals surface area contributed by atoms with E-state index in [0.29, 0.717) is 12.1 Å². The predicted octanol–water partition coefficient (Wildman–Crippen LogP) is 1.91. The van der Waals surface area contributed by atoms with Crippen molar-refractivity contribution in [2.45, 2.75) is 31.8 Å². The fourth-order valence-corrected chi connectivity index (χ4v) is 2.50. The molecule has 2 heteroatoms. The van der Waals surface area contributed by atoms with Crippen LogP contribution in [0.5, 0.6) is 0 Å². The molecular formula is C14H22N2. The molecule has 2 unspecified atom stereocenters. The molecule has 0 bridgehead atoms. The van der Waals surface area contributed by atoms with Gasteiger partial charge in [-0.05, 0) is 38.9 Å². The minimum Gasteiger partial charge on any atom is -0.310 e. The van der Waals surface area contributed by atoms with E-state index in [2.05, 4.69) is 54.5 Å². The van der Waals surface area contributed by atoms with E-state index in [9.17, 15) is 0 Å². The normalized spacial score (nSPS) is 23.5. The van der Waals surface area contributed by atoms with Gasteiger partial charge in [-0.1, -0.05) is 30.3 Å². The molecule has 1 aliphatic heterocycles. The summed E-state index contributed by atoms with van der Waals surface area (Å²) in [5, 5.41) is 3.72. The first-order valence-electron chi connectivity index (χ1n) is 6.22. The highest BCUT2D eigenvalue weighted by atomic mass is 15.2. The average Bonchev–Trinajstić information content (AvgIpc) is 2.65. The zero-order valence-corrected chi connectivity index (χ0v) is 10.3. The quantitative estimate of drug-likeness (QED) is 0.830. The number of likely N-dealkylation sites (tertiary alicyclic amines) is 1. The second-order valence-electron chi connectivity index (χ2n) is 5.01. The van der Waals surface area contributed by atoms with E-state index in [4.69, 9.17) is 0 Å². The van der Waals surface area contributed by atoms with E-state index >= 15 is 0 Å². The lowest BCUT2D eigenvalue weighted by atomic mass is 10.1. The summed E-state index contributed by atoms with van der Waals surface area (Å²) in [4.78, 5) is 2.40. The fraction of sp³-hybridized carbons (Fsp3) is 0.571. The maximum absolute atomic E-state index is 3.72. The smallest absolute Gasteiger partial charge is 0.0209 e. The third kappa shape index (κ3) is 3.32. The average molecular weight is 218 g/mol. The second-order valence-corrected chi connectivity index (χ2v) is 5.01. The first-order chi connectivity index (χ1) is 7.74. The molecule has 0 aromatic heterocycles. The lowest BCUT2D eigenvalue weighted by molar-refractivity contribution is 0.384. The summed E-state index contributed by atoms with van der Waals surface area (Å²) in [6.45, 7) is 4.71. The molecule has 1 fully saturated rings. The molecule has 0 spiro atoms. The molecule has 1 N–H and O–H groups in total. The monoisotopic (exact) mass is 218 g/mol. The van der Waals surface area contributed by atoms with E-state index < -0.39 is 0 Å². The summed E-state index contributed by atoms with van der Waals surface area (Å²) in [7, 11) is 2.20. The summed E-state index contributed by atoms with van der Waals surface area (Å²) >= 11 is 0. The van der Waals surface area contributed by atoms with Crippen LogP contribution in [0.1, 0.15) is 18.9 Å². The Balaban J connectivity index is 1.78. The van der Waals surface area contributed by atoms with E-state index in [-0.39, 0.29) is 0 Å². The number of nitrogens with one attached hydrogen (secondary N) is 1. The molecule has 88 valence electrons. The Bertz CT molecular complexity index is 310. The third-order valence-electron chi connectivity index (χ3n) is 3.30. The van der Waals surface area contributed by atoms with Crippen molar-refractivity contribution in [3.05, 3.63) is 35.9 Å². The maximum atomic E-state index is 3.72. The number of hydrogen-bond donors (Lipinski definition) is 1. The number of likely N-dealkylation sites (N-methyl/N-ethyl adjacent to an activating group) is 1. The van der Waals surface area contributed by atoms with Crippen LogP contribution < -0.4 is 5.32 Å². The van der Waals surface area contributed by atoms with Crippen molar-refractivity contribution < 1.29 is 0 Å². The van der Waals surface area contributed by atoms with E-state index in [1.165, 1.54) is 25.1 Å². The molecule has 1 aliphatic rings. The topological polar surface area (TPSA) is 15.3 Å². The van der Waals surface area contributed by atoms with Gasteiger partial charge < -0.3 is 10.2 Å². The van der Waals surface area contributed by atoms with Gasteiger partial charge in [0.15, 0.2) is 0 Å². The summed E-state index contributed by atoms with van der Waals surface area (Å²) in [6, 6.07) is 12.0. The van der Waals surface area contributed by atoms with Gasteiger partial charge in [-0.3, -0.25) is 0 Å². The van der Waals surface area contributed by atoms with Crippen LogP contribution in [0.4, 0.5) is 0 Å². The molecule has 0 saturated carbocycles. The van der Waals surface area contributed by atoms with Crippen molar-refractivity contribution >= 4 is 0 Å². The van der Waals surface area contributed by atoms with Crippen LogP contribution in [-0.4, -0.2) is 37.1 Å². The van der Waals surface area contributed by atoms with Gasteiger partial charge in [-0.25, -0.2) is 0 Å². The maximum Gasteiger partial charge on any atom is 0.0209 e. The molecule has 1 saturated heterocycles. The van der Waals surface area contributed by atoms with E-state index in [1.54, 1.807) is 0 Å². The highest BCUT2D eigenvalue weighted by Gasteiger charge is 2.20. The highest BCUT2D eigenvalue weighted by Crippen LogP contribution is 2.09. The molecule has 16 heavy (non-hydrogen) atoms. The minimum atomic E-state index is 0.568. The molecule has 1 aromatic rings. The van der Waals surface area contributed by atoms with E-state index in [1.807, 2.05) is 0 Å². The summed E-state index contributed by atoms with van der Waals surface area (Å²) in [5.41, 5.74) is 1.42. The first kappa shape index (κ1) is 11.6. The number of nitrogens with zero attached hydrogens (tertiary/aromatic N) is 1. The van der Waals surface area contributed by atoms with Crippen molar-refractivity contribution in [3.63, 3.8) is 0 Å². The Morgan fingerprint density at radius 2 is 2.12 bits per heavy atom. The molecule has 2 atom stereocenters. The Morgan fingerprint density at radius 3 is 2.75 bits per heavy atom. The SMILES string of the molecule is CC(Cc1ccccc1)NC1CCN(C)C1. The third-order valence-corrected chi connectivity index (χ3v) is 3.30. The predicted molar refractivity (Wildman–Crippen MR) is 68.6 cm³/mol. The molecule has 2 rings (SSSR count). The van der Waals surface area contributed by atoms with Crippen LogP contribution in [0.25, 0.3) is 0 Å². The fourth-order valence-electron chi connectivity index (χ4n) is 2.50. The summed E-state index contributed by atoms with van der Waals surface area (Å²) in [5.74, 6) is 0. The van der Waals surface area contributed by atoms with Crippen LogP contribution in [0.3, 0.4) is 0 Å². The first-order valence-corrected chi connectivity index (χ1v) is 6.22. The Hall–Kier alpha value is -0.860. The highest BCUT2D eigenvalue weighted by molar-refractivity contribution is 5.15. The van der Waals surface area contributed by atoms with Crippen LogP contribution in [-0.2, 0) is 6.42 Å². The zero-order valence-electron chi connectivity index (χ0n) is 10.3. The van der Waals surface area contributed by atoms with Crippen molar-refractivity contribution in [1.82, 2.24) is 10.2 Å². The van der Waals surface area contributed by atoms with Crippen molar-refractivity contribution in [1.29, 1.82) is 0 Å². The summed E-state index contributed by atoms with van der Waals surface area (Å²) < 4.78 is 0. The largest absolute Gasteiger partial charge is 0.310 e. The van der Waals surface area contributed by atoms with Crippen LogP contribution in [0, 0.1) is 0 Å². The Morgan fingerprint density at radius 1 is 1.38 bits per heavy atom. The van der Waals surface area contributed by atoms with Crippen LogP contribution in [0.2, 0.25) is 0 Å². The van der Waals surface area contributed by atoms with Gasteiger partial charge in [-0.15, -0.1) is 0 Å². The van der Waals surface area contributed by atoms with Crippen molar-refractivity contribution in [2.75, 3.05) is 20.1 Å². The minimum absolute atomic E-state index is 0.568. The van der Waals surface area contributed by atoms with E-state index in [0.717, 1.165) is 6.42 Å². The molecule has 1 aromatic carbocycles. The lowest BCUT2D eigenvalue weighted by Gasteiger charge is -2.19. The Kier molecular flexibility index (Phi) is 3.97. The van der Waals surface area contributed by atoms with Gasteiger partial charge >= 0.3 is 0 Å². The van der Waals surface area contributed by atoms with Gasteiger partial charge in [0.25, 0.3) is 0 Å². The summed E-state index contributed by atoms with van der Waals surface area (Å²) in [6.07, 6.45) is 2.41. The number of benzene rings is 1. The van der Waals surface area contributed by atoms with Gasteiger partial charge in [0, 0.05) is 18.6 Å². The van der Waals surface area contributed by atoms with Crippen molar-refractivity contribution in [3.8, 4) is 0 Å². The van der Waals surface area contributed by atoms with Gasteiger partial charge in [0.1, 0.15) is 0 Å². The second kappa shape index (κ2) is 5.46. The van der Waals surface area contributed by atoms with Gasteiger partial charge in [0.2, 0.25) is 0 Å². The van der Waals surface area contributed by atoms with Crippen LogP contribution in [0.15, 0.2) is 30.3 Å². The molecule has 0 amide bonds. The Labute approximate surface area is 98.7 Å². The molecule has 0 aliphatic carbocycles. The zero-order chi connectivity index (χ0) is 11.4.